The molecule has 1 aromatic heterocycles. The second-order valence-electron chi connectivity index (χ2n) is 6.30. The Morgan fingerprint density at radius 3 is 2.57 bits per heavy atom. The lowest BCUT2D eigenvalue weighted by Crippen LogP contribution is -2.15. The Balaban J connectivity index is 1.75. The molecule has 1 saturated carbocycles. The van der Waals surface area contributed by atoms with E-state index in [2.05, 4.69) is 18.4 Å². The molecule has 4 heteroatoms. The molecular weight excluding hydrogens is 304 g/mol. The van der Waals surface area contributed by atoms with Crippen LogP contribution in [0.25, 0.3) is 0 Å². The van der Waals surface area contributed by atoms with Crippen molar-refractivity contribution in [2.24, 2.45) is 0 Å². The maximum absolute atomic E-state index is 12.3. The summed E-state index contributed by atoms with van der Waals surface area (Å²) in [6.07, 6.45) is 6.41. The van der Waals surface area contributed by atoms with Crippen molar-refractivity contribution < 1.29 is 4.79 Å². The summed E-state index contributed by atoms with van der Waals surface area (Å²) in [6, 6.07) is 10.1. The molecule has 1 fully saturated rings. The van der Waals surface area contributed by atoms with Crippen LogP contribution in [0.3, 0.4) is 0 Å². The normalized spacial score (nSPS) is 15.7. The summed E-state index contributed by atoms with van der Waals surface area (Å²) in [7, 11) is 0. The first-order chi connectivity index (χ1) is 11.2. The number of Topliss-reactive ketones (excluding diaryl/α,β-unsaturated/α-hetero) is 1. The molecule has 3 rings (SSSR count). The molecule has 0 atom stereocenters. The van der Waals surface area contributed by atoms with Crippen LogP contribution in [-0.2, 0) is 0 Å². The molecule has 1 aliphatic carbocycles. The number of hydrogen-bond donors (Lipinski definition) is 0. The average molecular weight is 328 g/mol. The van der Waals surface area contributed by atoms with E-state index in [0.29, 0.717) is 11.8 Å². The van der Waals surface area contributed by atoms with Gasteiger partial charge in [0.15, 0.2) is 10.9 Å². The van der Waals surface area contributed by atoms with Crippen LogP contribution < -0.4 is 0 Å². The Hall–Kier alpha value is -1.55. The number of nitrogens with zero attached hydrogens (tertiary/aromatic N) is 2. The van der Waals surface area contributed by atoms with E-state index in [1.807, 2.05) is 30.3 Å². The predicted molar refractivity (Wildman–Crippen MR) is 95.3 cm³/mol. The van der Waals surface area contributed by atoms with Gasteiger partial charge >= 0.3 is 0 Å². The van der Waals surface area contributed by atoms with Crippen molar-refractivity contribution in [2.45, 2.75) is 57.1 Å². The SMILES string of the molecule is Cc1nc(SCC(=O)c2ccccc2)n(C2CCCCC2)c1C. The number of rotatable bonds is 5. The highest BCUT2D eigenvalue weighted by molar-refractivity contribution is 7.99. The number of hydrogen-bond acceptors (Lipinski definition) is 3. The number of ketones is 1. The molecular formula is C19H24N2OS. The van der Waals surface area contributed by atoms with Gasteiger partial charge in [-0.1, -0.05) is 61.4 Å². The van der Waals surface area contributed by atoms with Gasteiger partial charge in [-0.25, -0.2) is 4.98 Å². The van der Waals surface area contributed by atoms with Gasteiger partial charge in [-0.2, -0.15) is 0 Å². The molecule has 0 amide bonds. The van der Waals surface area contributed by atoms with Crippen LogP contribution in [0.1, 0.15) is 59.9 Å². The zero-order chi connectivity index (χ0) is 16.2. The van der Waals surface area contributed by atoms with Gasteiger partial charge in [0.05, 0.1) is 11.4 Å². The molecule has 0 aliphatic heterocycles. The van der Waals surface area contributed by atoms with Gasteiger partial charge in [-0.05, 0) is 26.7 Å². The molecule has 1 aliphatic rings. The number of carbonyl (C=O) groups excluding carboxylic acids is 1. The minimum Gasteiger partial charge on any atom is -0.320 e. The number of aromatic nitrogens is 2. The minimum atomic E-state index is 0.170. The largest absolute Gasteiger partial charge is 0.320 e. The van der Waals surface area contributed by atoms with Crippen molar-refractivity contribution >= 4 is 17.5 Å². The van der Waals surface area contributed by atoms with E-state index >= 15 is 0 Å². The Kier molecular flexibility index (Phi) is 5.21. The molecule has 0 bridgehead atoms. The molecule has 122 valence electrons. The fourth-order valence-electron chi connectivity index (χ4n) is 3.30. The molecule has 23 heavy (non-hydrogen) atoms. The van der Waals surface area contributed by atoms with Crippen molar-refractivity contribution in [3.05, 3.63) is 47.3 Å². The summed E-state index contributed by atoms with van der Waals surface area (Å²) in [6.45, 7) is 4.22. The Bertz CT molecular complexity index is 672. The molecule has 0 unspecified atom stereocenters. The maximum atomic E-state index is 12.3. The third-order valence-electron chi connectivity index (χ3n) is 4.72. The van der Waals surface area contributed by atoms with Crippen LogP contribution in [0, 0.1) is 13.8 Å². The van der Waals surface area contributed by atoms with Crippen molar-refractivity contribution in [3.8, 4) is 0 Å². The third-order valence-corrected chi connectivity index (χ3v) is 5.68. The summed E-state index contributed by atoms with van der Waals surface area (Å²) in [4.78, 5) is 17.1. The van der Waals surface area contributed by atoms with Crippen LogP contribution in [0.5, 0.6) is 0 Å². The first-order valence-electron chi connectivity index (χ1n) is 8.43. The van der Waals surface area contributed by atoms with Crippen molar-refractivity contribution in [2.75, 3.05) is 5.75 Å². The van der Waals surface area contributed by atoms with E-state index in [-0.39, 0.29) is 5.78 Å². The van der Waals surface area contributed by atoms with E-state index in [4.69, 9.17) is 4.98 Å². The van der Waals surface area contributed by atoms with E-state index in [0.717, 1.165) is 16.4 Å². The molecule has 0 spiro atoms. The second-order valence-corrected chi connectivity index (χ2v) is 7.25. The van der Waals surface area contributed by atoms with Crippen LogP contribution in [0.4, 0.5) is 0 Å². The zero-order valence-corrected chi connectivity index (χ0v) is 14.7. The van der Waals surface area contributed by atoms with Crippen molar-refractivity contribution in [1.82, 2.24) is 9.55 Å². The Morgan fingerprint density at radius 1 is 1.17 bits per heavy atom. The summed E-state index contributed by atoms with van der Waals surface area (Å²) >= 11 is 1.58. The standard InChI is InChI=1S/C19H24N2OS/c1-14-15(2)21(17-11-7-4-8-12-17)19(20-14)23-13-18(22)16-9-5-3-6-10-16/h3,5-6,9-10,17H,4,7-8,11-13H2,1-2H3. The van der Waals surface area contributed by atoms with Crippen LogP contribution >= 0.6 is 11.8 Å². The van der Waals surface area contributed by atoms with E-state index in [9.17, 15) is 4.79 Å². The van der Waals surface area contributed by atoms with Crippen LogP contribution in [-0.4, -0.2) is 21.1 Å². The smallest absolute Gasteiger partial charge is 0.173 e. The van der Waals surface area contributed by atoms with Crippen molar-refractivity contribution in [1.29, 1.82) is 0 Å². The first-order valence-corrected chi connectivity index (χ1v) is 9.42. The molecule has 0 N–H and O–H groups in total. The summed E-state index contributed by atoms with van der Waals surface area (Å²) in [5.74, 6) is 0.621. The van der Waals surface area contributed by atoms with Crippen LogP contribution in [0.15, 0.2) is 35.5 Å². The van der Waals surface area contributed by atoms with Gasteiger partial charge < -0.3 is 4.57 Å². The number of aryl methyl sites for hydroxylation is 1. The summed E-state index contributed by atoms with van der Waals surface area (Å²) in [5.41, 5.74) is 3.13. The van der Waals surface area contributed by atoms with Crippen LogP contribution in [0.2, 0.25) is 0 Å². The molecule has 0 saturated heterocycles. The van der Waals surface area contributed by atoms with Gasteiger partial charge in [-0.15, -0.1) is 0 Å². The maximum Gasteiger partial charge on any atom is 0.173 e. The highest BCUT2D eigenvalue weighted by atomic mass is 32.2. The number of benzene rings is 1. The lowest BCUT2D eigenvalue weighted by Gasteiger charge is -2.26. The predicted octanol–water partition coefficient (Wildman–Crippen LogP) is 4.98. The highest BCUT2D eigenvalue weighted by Crippen LogP contribution is 2.34. The molecule has 1 heterocycles. The number of imidazole rings is 1. The Labute approximate surface area is 142 Å². The van der Waals surface area contributed by atoms with Gasteiger partial charge in [0, 0.05) is 17.3 Å². The molecule has 3 nitrogen and oxygen atoms in total. The number of thioether (sulfide) groups is 1. The quantitative estimate of drug-likeness (QED) is 0.573. The molecule has 2 aromatic rings. The highest BCUT2D eigenvalue weighted by Gasteiger charge is 2.22. The molecule has 0 radical (unpaired) electrons. The average Bonchev–Trinajstić information content (AvgIpc) is 2.88. The molecule has 1 aromatic carbocycles. The monoisotopic (exact) mass is 328 g/mol. The zero-order valence-electron chi connectivity index (χ0n) is 13.9. The van der Waals surface area contributed by atoms with E-state index in [1.165, 1.54) is 37.8 Å². The van der Waals surface area contributed by atoms with Crippen molar-refractivity contribution in [3.63, 3.8) is 0 Å². The van der Waals surface area contributed by atoms with E-state index < -0.39 is 0 Å². The fraction of sp³-hybridized carbons (Fsp3) is 0.474. The first kappa shape index (κ1) is 16.3. The number of carbonyl (C=O) groups is 1. The van der Waals surface area contributed by atoms with E-state index in [1.54, 1.807) is 11.8 Å². The van der Waals surface area contributed by atoms with Gasteiger partial charge in [0.1, 0.15) is 0 Å². The lowest BCUT2D eigenvalue weighted by molar-refractivity contribution is 0.102. The lowest BCUT2D eigenvalue weighted by atomic mass is 9.95. The van der Waals surface area contributed by atoms with Gasteiger partial charge in [-0.3, -0.25) is 4.79 Å². The third kappa shape index (κ3) is 3.69. The van der Waals surface area contributed by atoms with Gasteiger partial charge in [0.25, 0.3) is 0 Å². The summed E-state index contributed by atoms with van der Waals surface area (Å²) < 4.78 is 2.39. The second kappa shape index (κ2) is 7.35. The summed E-state index contributed by atoms with van der Waals surface area (Å²) in [5, 5.41) is 1.01. The van der Waals surface area contributed by atoms with Gasteiger partial charge in [0.2, 0.25) is 0 Å². The minimum absolute atomic E-state index is 0.170. The Morgan fingerprint density at radius 2 is 1.87 bits per heavy atom. The fourth-order valence-corrected chi connectivity index (χ4v) is 4.36. The topological polar surface area (TPSA) is 34.9 Å².